The lowest BCUT2D eigenvalue weighted by molar-refractivity contribution is -0.136. The van der Waals surface area contributed by atoms with Crippen molar-refractivity contribution in [3.8, 4) is 33.4 Å². The van der Waals surface area contributed by atoms with Gasteiger partial charge in [0.15, 0.2) is 0 Å². The number of aryl methyl sites for hydroxylation is 1. The molecule has 0 radical (unpaired) electrons. The molecule has 0 bridgehead atoms. The number of hydrogen-bond donors (Lipinski definition) is 1. The van der Waals surface area contributed by atoms with Crippen molar-refractivity contribution in [3.63, 3.8) is 0 Å². The van der Waals surface area contributed by atoms with Gasteiger partial charge in [0.1, 0.15) is 0 Å². The van der Waals surface area contributed by atoms with E-state index in [1.165, 1.54) is 44.5 Å². The largest absolute Gasteiger partial charge is 0.481 e. The van der Waals surface area contributed by atoms with Crippen LogP contribution in [0.25, 0.3) is 33.4 Å². The van der Waals surface area contributed by atoms with Crippen LogP contribution in [0.5, 0.6) is 0 Å². The molecule has 1 aliphatic rings. The number of carbonyl (C=O) groups is 1. The summed E-state index contributed by atoms with van der Waals surface area (Å²) in [6, 6.07) is 31.8. The number of hydrogen-bond acceptors (Lipinski definition) is 1. The Labute approximate surface area is 176 Å². The molecule has 0 spiro atoms. The average molecular weight is 390 g/mol. The van der Waals surface area contributed by atoms with Crippen LogP contribution in [-0.2, 0) is 17.6 Å². The Bertz CT molecular complexity index is 1220. The van der Waals surface area contributed by atoms with E-state index >= 15 is 0 Å². The zero-order valence-corrected chi connectivity index (χ0v) is 16.6. The van der Waals surface area contributed by atoms with Gasteiger partial charge in [0.05, 0.1) is 0 Å². The summed E-state index contributed by atoms with van der Waals surface area (Å²) in [7, 11) is 0. The van der Waals surface area contributed by atoms with Crippen LogP contribution in [0.2, 0.25) is 0 Å². The molecule has 146 valence electrons. The highest BCUT2D eigenvalue weighted by molar-refractivity contribution is 5.98. The number of carboxylic acids is 1. The minimum absolute atomic E-state index is 0.152. The van der Waals surface area contributed by atoms with Gasteiger partial charge in [-0.1, -0.05) is 91.0 Å². The Hall–Kier alpha value is -3.65. The average Bonchev–Trinajstić information content (AvgIpc) is 3.18. The summed E-state index contributed by atoms with van der Waals surface area (Å²) < 4.78 is 0. The Balaban J connectivity index is 1.76. The molecule has 0 saturated carbocycles. The molecule has 30 heavy (non-hydrogen) atoms. The zero-order valence-electron chi connectivity index (χ0n) is 16.6. The van der Waals surface area contributed by atoms with Crippen molar-refractivity contribution in [2.24, 2.45) is 0 Å². The summed E-state index contributed by atoms with van der Waals surface area (Å²) in [5.41, 5.74) is 11.1. The smallest absolute Gasteiger partial charge is 0.303 e. The van der Waals surface area contributed by atoms with Crippen molar-refractivity contribution in [3.05, 3.63) is 108 Å². The standard InChI is InChI=1S/C28H22O2/c29-26(30)17-15-21-14-16-24(20-10-5-2-6-11-20)28-25(21)18-22-12-7-13-23(27(22)28)19-8-3-1-4-9-19/h1-14,16H,15,17-18H2,(H,29,30). The van der Waals surface area contributed by atoms with Crippen LogP contribution in [0, 0.1) is 0 Å². The SMILES string of the molecule is O=C(O)CCc1ccc(-c2ccccc2)c2c1Cc1cccc(-c3ccccc3)c1-2. The van der Waals surface area contributed by atoms with E-state index in [0.29, 0.717) is 6.42 Å². The molecule has 1 aliphatic carbocycles. The highest BCUT2D eigenvalue weighted by Gasteiger charge is 2.27. The third-order valence-corrected chi connectivity index (χ3v) is 5.96. The highest BCUT2D eigenvalue weighted by Crippen LogP contribution is 2.48. The molecule has 0 amide bonds. The van der Waals surface area contributed by atoms with Crippen LogP contribution >= 0.6 is 0 Å². The van der Waals surface area contributed by atoms with Gasteiger partial charge < -0.3 is 5.11 Å². The van der Waals surface area contributed by atoms with Crippen LogP contribution in [0.3, 0.4) is 0 Å². The second-order valence-corrected chi connectivity index (χ2v) is 7.77. The number of carboxylic acid groups (broad SMARTS) is 1. The van der Waals surface area contributed by atoms with Crippen molar-refractivity contribution in [1.29, 1.82) is 0 Å². The van der Waals surface area contributed by atoms with E-state index in [0.717, 1.165) is 12.0 Å². The van der Waals surface area contributed by atoms with Crippen molar-refractivity contribution >= 4 is 5.97 Å². The lowest BCUT2D eigenvalue weighted by atomic mass is 9.87. The quantitative estimate of drug-likeness (QED) is 0.367. The van der Waals surface area contributed by atoms with Crippen LogP contribution in [-0.4, -0.2) is 11.1 Å². The van der Waals surface area contributed by atoms with Crippen LogP contribution in [0.4, 0.5) is 0 Å². The Kier molecular flexibility index (Phi) is 4.68. The summed E-state index contributed by atoms with van der Waals surface area (Å²) in [5, 5.41) is 9.22. The number of rotatable bonds is 5. The fraction of sp³-hybridized carbons (Fsp3) is 0.107. The monoisotopic (exact) mass is 390 g/mol. The van der Waals surface area contributed by atoms with Gasteiger partial charge in [-0.15, -0.1) is 0 Å². The first-order valence-electron chi connectivity index (χ1n) is 10.3. The molecule has 1 N–H and O–H groups in total. The van der Waals surface area contributed by atoms with Crippen molar-refractivity contribution in [2.75, 3.05) is 0 Å². The normalized spacial score (nSPS) is 11.7. The molecule has 0 heterocycles. The first-order chi connectivity index (χ1) is 14.7. The molecule has 0 aromatic heterocycles. The van der Waals surface area contributed by atoms with Crippen LogP contribution < -0.4 is 0 Å². The van der Waals surface area contributed by atoms with E-state index in [9.17, 15) is 9.90 Å². The van der Waals surface area contributed by atoms with Crippen molar-refractivity contribution < 1.29 is 9.90 Å². The second kappa shape index (κ2) is 7.64. The van der Waals surface area contributed by atoms with Crippen LogP contribution in [0.15, 0.2) is 91.0 Å². The zero-order chi connectivity index (χ0) is 20.5. The molecule has 2 nitrogen and oxygen atoms in total. The van der Waals surface area contributed by atoms with E-state index in [1.807, 2.05) is 12.1 Å². The van der Waals surface area contributed by atoms with E-state index in [4.69, 9.17) is 0 Å². The molecular weight excluding hydrogens is 368 g/mol. The predicted molar refractivity (Wildman–Crippen MR) is 122 cm³/mol. The van der Waals surface area contributed by atoms with Gasteiger partial charge in [0.25, 0.3) is 0 Å². The van der Waals surface area contributed by atoms with Crippen molar-refractivity contribution in [1.82, 2.24) is 0 Å². The maximum Gasteiger partial charge on any atom is 0.303 e. The highest BCUT2D eigenvalue weighted by atomic mass is 16.4. The van der Waals surface area contributed by atoms with E-state index in [-0.39, 0.29) is 6.42 Å². The van der Waals surface area contributed by atoms with Gasteiger partial charge in [-0.25, -0.2) is 0 Å². The van der Waals surface area contributed by atoms with Gasteiger partial charge in [-0.3, -0.25) is 4.79 Å². The Morgan fingerprint density at radius 1 is 0.700 bits per heavy atom. The maximum absolute atomic E-state index is 11.2. The topological polar surface area (TPSA) is 37.3 Å². The van der Waals surface area contributed by atoms with Crippen LogP contribution in [0.1, 0.15) is 23.1 Å². The van der Waals surface area contributed by atoms with E-state index in [2.05, 4.69) is 78.9 Å². The summed E-state index contributed by atoms with van der Waals surface area (Å²) in [4.78, 5) is 11.2. The maximum atomic E-state index is 11.2. The molecule has 0 unspecified atom stereocenters. The molecule has 0 atom stereocenters. The lowest BCUT2D eigenvalue weighted by Gasteiger charge is -2.16. The van der Waals surface area contributed by atoms with Gasteiger partial charge >= 0.3 is 5.97 Å². The van der Waals surface area contributed by atoms with Gasteiger partial charge in [0.2, 0.25) is 0 Å². The molecule has 5 rings (SSSR count). The lowest BCUT2D eigenvalue weighted by Crippen LogP contribution is -2.01. The first-order valence-corrected chi connectivity index (χ1v) is 10.3. The van der Waals surface area contributed by atoms with Gasteiger partial charge in [-0.05, 0) is 62.9 Å². The predicted octanol–water partition coefficient (Wildman–Crippen LogP) is 6.61. The van der Waals surface area contributed by atoms with E-state index < -0.39 is 5.97 Å². The molecule has 4 aromatic rings. The second-order valence-electron chi connectivity index (χ2n) is 7.77. The molecule has 0 saturated heterocycles. The van der Waals surface area contributed by atoms with Gasteiger partial charge in [0, 0.05) is 6.42 Å². The summed E-state index contributed by atoms with van der Waals surface area (Å²) in [5.74, 6) is -0.753. The molecule has 2 heteroatoms. The van der Waals surface area contributed by atoms with E-state index in [1.54, 1.807) is 0 Å². The number of fused-ring (bicyclic) bond motifs is 3. The number of aliphatic carboxylic acids is 1. The molecular formula is C28H22O2. The summed E-state index contributed by atoms with van der Waals surface area (Å²) in [6.07, 6.45) is 1.56. The summed E-state index contributed by atoms with van der Waals surface area (Å²) >= 11 is 0. The Morgan fingerprint density at radius 2 is 1.33 bits per heavy atom. The minimum Gasteiger partial charge on any atom is -0.481 e. The minimum atomic E-state index is -0.753. The van der Waals surface area contributed by atoms with Crippen molar-refractivity contribution in [2.45, 2.75) is 19.3 Å². The third kappa shape index (κ3) is 3.21. The fourth-order valence-electron chi connectivity index (χ4n) is 4.60. The third-order valence-electron chi connectivity index (χ3n) is 5.96. The fourth-order valence-corrected chi connectivity index (χ4v) is 4.60. The van der Waals surface area contributed by atoms with Gasteiger partial charge in [-0.2, -0.15) is 0 Å². The summed E-state index contributed by atoms with van der Waals surface area (Å²) in [6.45, 7) is 0. The Morgan fingerprint density at radius 3 is 1.97 bits per heavy atom. The molecule has 4 aromatic carbocycles. The number of benzene rings is 4. The molecule has 0 fully saturated rings. The molecule has 0 aliphatic heterocycles. The first kappa shape index (κ1) is 18.4.